The number of carbonyl (C=O) groups excluding carboxylic acids is 1. The summed E-state index contributed by atoms with van der Waals surface area (Å²) < 4.78 is 5.57. The van der Waals surface area contributed by atoms with Gasteiger partial charge in [-0.3, -0.25) is 4.79 Å². The van der Waals surface area contributed by atoms with Crippen molar-refractivity contribution in [2.45, 2.75) is 44.3 Å². The maximum Gasteiger partial charge on any atom is 0.251 e. The normalized spacial score (nSPS) is 23.2. The molecule has 0 radical (unpaired) electrons. The minimum atomic E-state index is -0.515. The van der Waals surface area contributed by atoms with Crippen molar-refractivity contribution in [3.63, 3.8) is 0 Å². The molecule has 2 heterocycles. The minimum absolute atomic E-state index is 0.0283. The van der Waals surface area contributed by atoms with Crippen LogP contribution in [0.25, 0.3) is 0 Å². The molecule has 20 heavy (non-hydrogen) atoms. The van der Waals surface area contributed by atoms with E-state index in [1.807, 2.05) is 18.2 Å². The molecule has 2 atom stereocenters. The lowest BCUT2D eigenvalue weighted by atomic mass is 9.94. The van der Waals surface area contributed by atoms with Crippen molar-refractivity contribution in [1.29, 1.82) is 0 Å². The van der Waals surface area contributed by atoms with Crippen molar-refractivity contribution in [2.75, 3.05) is 13.2 Å². The van der Waals surface area contributed by atoms with Crippen molar-refractivity contribution in [3.05, 3.63) is 34.9 Å². The second-order valence-electron chi connectivity index (χ2n) is 5.65. The summed E-state index contributed by atoms with van der Waals surface area (Å²) in [6, 6.07) is 5.75. The molecule has 1 saturated heterocycles. The van der Waals surface area contributed by atoms with E-state index in [4.69, 9.17) is 4.74 Å². The van der Waals surface area contributed by atoms with Crippen molar-refractivity contribution in [1.82, 2.24) is 5.32 Å². The molecule has 108 valence electrons. The number of aliphatic hydroxyl groups is 1. The van der Waals surface area contributed by atoms with Crippen LogP contribution in [0.5, 0.6) is 0 Å². The van der Waals surface area contributed by atoms with Crippen LogP contribution in [0, 0.1) is 0 Å². The fraction of sp³-hybridized carbons (Fsp3) is 0.562. The van der Waals surface area contributed by atoms with Crippen LogP contribution in [0.1, 0.15) is 53.3 Å². The molecule has 1 aromatic carbocycles. The lowest BCUT2D eigenvalue weighted by Crippen LogP contribution is -2.31. The minimum Gasteiger partial charge on any atom is -0.388 e. The average molecular weight is 275 g/mol. The first-order chi connectivity index (χ1) is 9.74. The molecule has 2 aliphatic rings. The highest BCUT2D eigenvalue weighted by Crippen LogP contribution is 2.26. The van der Waals surface area contributed by atoms with Crippen LogP contribution in [0.3, 0.4) is 0 Å². The van der Waals surface area contributed by atoms with Crippen molar-refractivity contribution >= 4 is 5.91 Å². The molecule has 4 heteroatoms. The number of carbonyl (C=O) groups is 1. The SMILES string of the molecule is O=C1NCCc2ccc(C(O)CCC3CCCO3)cc21. The Morgan fingerprint density at radius 2 is 2.35 bits per heavy atom. The van der Waals surface area contributed by atoms with Crippen LogP contribution in [0.2, 0.25) is 0 Å². The molecule has 0 bridgehead atoms. The summed E-state index contributed by atoms with van der Waals surface area (Å²) in [5, 5.41) is 13.1. The number of hydrogen-bond donors (Lipinski definition) is 2. The molecular weight excluding hydrogens is 254 g/mol. The first kappa shape index (κ1) is 13.6. The summed E-state index contributed by atoms with van der Waals surface area (Å²) in [5.74, 6) is -0.0283. The van der Waals surface area contributed by atoms with Crippen LogP contribution in [0.4, 0.5) is 0 Å². The van der Waals surface area contributed by atoms with Crippen molar-refractivity contribution in [3.8, 4) is 0 Å². The molecule has 0 aromatic heterocycles. The predicted molar refractivity (Wildman–Crippen MR) is 75.6 cm³/mol. The number of rotatable bonds is 4. The van der Waals surface area contributed by atoms with E-state index >= 15 is 0 Å². The molecule has 0 spiro atoms. The molecule has 0 aliphatic carbocycles. The Morgan fingerprint density at radius 1 is 1.45 bits per heavy atom. The molecule has 2 aliphatic heterocycles. The Morgan fingerprint density at radius 3 is 3.15 bits per heavy atom. The van der Waals surface area contributed by atoms with E-state index in [9.17, 15) is 9.90 Å². The number of fused-ring (bicyclic) bond motifs is 1. The van der Waals surface area contributed by atoms with Crippen LogP contribution >= 0.6 is 0 Å². The Kier molecular flexibility index (Phi) is 4.03. The molecular formula is C16H21NO3. The van der Waals surface area contributed by atoms with Crippen molar-refractivity contribution < 1.29 is 14.6 Å². The number of nitrogens with one attached hydrogen (secondary N) is 1. The third-order valence-electron chi connectivity index (χ3n) is 4.23. The third kappa shape index (κ3) is 2.86. The molecule has 1 amide bonds. The summed E-state index contributed by atoms with van der Waals surface area (Å²) >= 11 is 0. The van der Waals surface area contributed by atoms with Gasteiger partial charge in [0.05, 0.1) is 12.2 Å². The smallest absolute Gasteiger partial charge is 0.251 e. The molecule has 2 N–H and O–H groups in total. The monoisotopic (exact) mass is 275 g/mol. The Balaban J connectivity index is 1.66. The fourth-order valence-electron chi connectivity index (χ4n) is 3.02. The lowest BCUT2D eigenvalue weighted by molar-refractivity contribution is 0.0811. The van der Waals surface area contributed by atoms with Gasteiger partial charge in [-0.25, -0.2) is 0 Å². The van der Waals surface area contributed by atoms with Gasteiger partial charge in [0.1, 0.15) is 0 Å². The van der Waals surface area contributed by atoms with E-state index in [1.54, 1.807) is 0 Å². The van der Waals surface area contributed by atoms with Crippen LogP contribution < -0.4 is 5.32 Å². The summed E-state index contributed by atoms with van der Waals surface area (Å²) in [6.07, 6.45) is 4.44. The fourth-order valence-corrected chi connectivity index (χ4v) is 3.02. The summed E-state index contributed by atoms with van der Waals surface area (Å²) in [4.78, 5) is 11.8. The van der Waals surface area contributed by atoms with Crippen LogP contribution in [0.15, 0.2) is 18.2 Å². The van der Waals surface area contributed by atoms with Crippen LogP contribution in [-0.2, 0) is 11.2 Å². The van der Waals surface area contributed by atoms with E-state index in [2.05, 4.69) is 5.32 Å². The van der Waals surface area contributed by atoms with Crippen molar-refractivity contribution in [2.24, 2.45) is 0 Å². The maximum absolute atomic E-state index is 11.8. The zero-order valence-corrected chi connectivity index (χ0v) is 11.6. The zero-order valence-electron chi connectivity index (χ0n) is 11.6. The Bertz CT molecular complexity index is 494. The number of hydrogen-bond acceptors (Lipinski definition) is 3. The van der Waals surface area contributed by atoms with Gasteiger partial charge in [0.25, 0.3) is 5.91 Å². The number of aliphatic hydroxyl groups excluding tert-OH is 1. The first-order valence-corrected chi connectivity index (χ1v) is 7.45. The lowest BCUT2D eigenvalue weighted by Gasteiger charge is -2.19. The molecule has 3 rings (SSSR count). The quantitative estimate of drug-likeness (QED) is 0.883. The van der Waals surface area contributed by atoms with Gasteiger partial charge in [-0.1, -0.05) is 12.1 Å². The topological polar surface area (TPSA) is 58.6 Å². The molecule has 1 aromatic rings. The van der Waals surface area contributed by atoms with E-state index in [1.165, 1.54) is 0 Å². The Labute approximate surface area is 119 Å². The molecule has 1 fully saturated rings. The second-order valence-corrected chi connectivity index (χ2v) is 5.65. The largest absolute Gasteiger partial charge is 0.388 e. The number of ether oxygens (including phenoxy) is 1. The van der Waals surface area contributed by atoms with Gasteiger partial charge in [-0.05, 0) is 49.3 Å². The number of amides is 1. The van der Waals surface area contributed by atoms with E-state index in [0.29, 0.717) is 24.6 Å². The highest BCUT2D eigenvalue weighted by molar-refractivity contribution is 5.96. The average Bonchev–Trinajstić information content (AvgIpc) is 2.98. The summed E-state index contributed by atoms with van der Waals surface area (Å²) in [6.45, 7) is 1.55. The van der Waals surface area contributed by atoms with E-state index in [-0.39, 0.29) is 5.91 Å². The van der Waals surface area contributed by atoms with Crippen LogP contribution in [-0.4, -0.2) is 30.3 Å². The third-order valence-corrected chi connectivity index (χ3v) is 4.23. The van der Waals surface area contributed by atoms with Gasteiger partial charge < -0.3 is 15.2 Å². The molecule has 4 nitrogen and oxygen atoms in total. The van der Waals surface area contributed by atoms with Gasteiger partial charge in [0, 0.05) is 18.7 Å². The summed E-state index contributed by atoms with van der Waals surface area (Å²) in [7, 11) is 0. The first-order valence-electron chi connectivity index (χ1n) is 7.45. The van der Waals surface area contributed by atoms with Gasteiger partial charge >= 0.3 is 0 Å². The van der Waals surface area contributed by atoms with E-state index in [0.717, 1.165) is 43.4 Å². The summed E-state index contributed by atoms with van der Waals surface area (Å²) in [5.41, 5.74) is 2.62. The van der Waals surface area contributed by atoms with Gasteiger partial charge in [-0.2, -0.15) is 0 Å². The van der Waals surface area contributed by atoms with Gasteiger partial charge in [0.15, 0.2) is 0 Å². The standard InChI is InChI=1S/C16H21NO3/c18-15(6-5-13-2-1-9-20-13)12-4-3-11-7-8-17-16(19)14(11)10-12/h3-4,10,13,15,18H,1-2,5-9H2,(H,17,19). The number of benzene rings is 1. The highest BCUT2D eigenvalue weighted by atomic mass is 16.5. The van der Waals surface area contributed by atoms with E-state index < -0.39 is 6.10 Å². The maximum atomic E-state index is 11.8. The molecule has 0 saturated carbocycles. The zero-order chi connectivity index (χ0) is 13.9. The van der Waals surface area contributed by atoms with Gasteiger partial charge in [-0.15, -0.1) is 0 Å². The van der Waals surface area contributed by atoms with Gasteiger partial charge in [0.2, 0.25) is 0 Å². The predicted octanol–water partition coefficient (Wildman–Crippen LogP) is 1.97. The second kappa shape index (κ2) is 5.94. The Hall–Kier alpha value is -1.39. The molecule has 2 unspecified atom stereocenters. The highest BCUT2D eigenvalue weighted by Gasteiger charge is 2.20.